The van der Waals surface area contributed by atoms with Gasteiger partial charge in [0.15, 0.2) is 0 Å². The summed E-state index contributed by atoms with van der Waals surface area (Å²) in [6, 6.07) is 16.1. The third kappa shape index (κ3) is 6.13. The highest BCUT2D eigenvalue weighted by molar-refractivity contribution is 7.37. The fourth-order valence-electron chi connectivity index (χ4n) is 3.77. The molecule has 0 fully saturated rings. The van der Waals surface area contributed by atoms with Crippen molar-refractivity contribution in [3.05, 3.63) is 48.5 Å². The lowest BCUT2D eigenvalue weighted by Crippen LogP contribution is -2.71. The molecule has 0 heterocycles. The van der Waals surface area contributed by atoms with Gasteiger partial charge in [-0.15, -0.1) is 0 Å². The van der Waals surface area contributed by atoms with Gasteiger partial charge >= 0.3 is 8.07 Å². The monoisotopic (exact) mass is 500 g/mol. The summed E-state index contributed by atoms with van der Waals surface area (Å²) >= 11 is 0. The van der Waals surface area contributed by atoms with Gasteiger partial charge in [0.25, 0.3) is 11.2 Å². The second-order valence-electron chi connectivity index (χ2n) is 11.3. The highest BCUT2D eigenvalue weighted by Crippen LogP contribution is 2.17. The lowest BCUT2D eigenvalue weighted by atomic mass is 10.3. The Balaban J connectivity index is 2.83. The lowest BCUT2D eigenvalue weighted by molar-refractivity contribution is 0.130. The van der Waals surface area contributed by atoms with Crippen LogP contribution in [0.3, 0.4) is 0 Å². The predicted octanol–water partition coefficient (Wildman–Crippen LogP) is 4.59. The molecule has 2 rings (SSSR count). The van der Waals surface area contributed by atoms with E-state index < -0.39 is 35.4 Å². The summed E-state index contributed by atoms with van der Waals surface area (Å²) in [5.41, 5.74) is -0.936. The van der Waals surface area contributed by atoms with Gasteiger partial charge in [0.1, 0.15) is 0 Å². The summed E-state index contributed by atoms with van der Waals surface area (Å²) in [5, 5.41) is 3.97. The molecule has 0 saturated heterocycles. The first-order valence-electron chi connectivity index (χ1n) is 11.7. The number of carbonyl (C=O) groups is 2. The maximum Gasteiger partial charge on any atom is 0.370 e. The van der Waals surface area contributed by atoms with Crippen molar-refractivity contribution < 1.29 is 19.1 Å². The molecule has 2 aromatic rings. The van der Waals surface area contributed by atoms with Gasteiger partial charge < -0.3 is 9.47 Å². The Hall–Kier alpha value is -1.97. The second-order valence-corrected chi connectivity index (χ2v) is 24.9. The van der Waals surface area contributed by atoms with Crippen LogP contribution in [-0.2, 0) is 9.47 Å². The van der Waals surface area contributed by atoms with E-state index in [1.807, 2.05) is 52.0 Å². The van der Waals surface area contributed by atoms with Crippen LogP contribution in [0.5, 0.6) is 0 Å². The molecule has 0 aliphatic rings. The fourth-order valence-corrected chi connectivity index (χ4v) is 9.70. The van der Waals surface area contributed by atoms with Crippen molar-refractivity contribution in [2.24, 2.45) is 0 Å². The minimum Gasteiger partial charge on any atom is -0.466 e. The van der Waals surface area contributed by atoms with Crippen LogP contribution in [-0.4, -0.2) is 47.6 Å². The van der Waals surface area contributed by atoms with Gasteiger partial charge in [0, 0.05) is 0 Å². The summed E-state index contributed by atoms with van der Waals surface area (Å²) in [6.07, 6.45) is -0.669. The molecule has 0 atom stereocenters. The average molecular weight is 501 g/mol. The summed E-state index contributed by atoms with van der Waals surface area (Å²) in [5.74, 6) is 0. The molecule has 33 heavy (non-hydrogen) atoms. The highest BCUT2D eigenvalue weighted by atomic mass is 28.3. The zero-order valence-electron chi connectivity index (χ0n) is 21.9. The van der Waals surface area contributed by atoms with Crippen molar-refractivity contribution >= 4 is 56.2 Å². The molecular formula is C26H40O4Si3. The van der Waals surface area contributed by atoms with Gasteiger partial charge in [-0.25, -0.2) is 0 Å². The minimum atomic E-state index is -3.74. The molecule has 0 amide bonds. The maximum atomic E-state index is 13.8. The van der Waals surface area contributed by atoms with Crippen molar-refractivity contribution in [2.45, 2.75) is 79.2 Å². The molecule has 2 aromatic carbocycles. The molecular weight excluding hydrogens is 461 g/mol. The quantitative estimate of drug-likeness (QED) is 0.497. The molecule has 0 aromatic heterocycles. The lowest BCUT2D eigenvalue weighted by Gasteiger charge is -2.30. The van der Waals surface area contributed by atoms with E-state index in [2.05, 4.69) is 63.5 Å². The van der Waals surface area contributed by atoms with Crippen molar-refractivity contribution in [3.8, 4) is 0 Å². The van der Waals surface area contributed by atoms with Crippen LogP contribution in [0.4, 0.5) is 9.59 Å². The average Bonchev–Trinajstić information content (AvgIpc) is 2.67. The topological polar surface area (TPSA) is 52.6 Å². The van der Waals surface area contributed by atoms with E-state index >= 15 is 0 Å². The highest BCUT2D eigenvalue weighted by Gasteiger charge is 2.57. The summed E-state index contributed by atoms with van der Waals surface area (Å²) in [6.45, 7) is 20.9. The first-order chi connectivity index (χ1) is 15.1. The van der Waals surface area contributed by atoms with Gasteiger partial charge in [0.2, 0.25) is 0 Å². The number of ether oxygens (including phenoxy) is 2. The van der Waals surface area contributed by atoms with E-state index in [4.69, 9.17) is 9.47 Å². The third-order valence-electron chi connectivity index (χ3n) is 5.67. The second kappa shape index (κ2) is 10.1. The molecule has 0 radical (unpaired) electrons. The molecule has 0 saturated carbocycles. The molecule has 7 heteroatoms. The van der Waals surface area contributed by atoms with E-state index in [0.29, 0.717) is 10.4 Å². The van der Waals surface area contributed by atoms with Gasteiger partial charge in [-0.05, 0) is 38.1 Å². The molecule has 0 spiro atoms. The molecule has 0 aliphatic carbocycles. The Morgan fingerprint density at radius 1 is 0.545 bits per heavy atom. The Labute approximate surface area is 202 Å². The molecule has 0 N–H and O–H groups in total. The van der Waals surface area contributed by atoms with E-state index in [0.717, 1.165) is 0 Å². The van der Waals surface area contributed by atoms with E-state index in [1.165, 1.54) is 10.4 Å². The van der Waals surface area contributed by atoms with Crippen LogP contribution in [0.1, 0.15) is 27.7 Å². The number of hydrogen-bond donors (Lipinski definition) is 0. The van der Waals surface area contributed by atoms with Crippen LogP contribution in [0.25, 0.3) is 0 Å². The first-order valence-corrected chi connectivity index (χ1v) is 20.7. The standard InChI is InChI=1S/C26H40O4Si3/c1-19(2)29-25(27)33(26(28)30-20(3)4,23-15-11-21(12-16-23)31(5,6)7)24-17-13-22(14-18-24)32(8,9)10/h11-20H,1-10H3. The predicted molar refractivity (Wildman–Crippen MR) is 147 cm³/mol. The molecule has 4 nitrogen and oxygen atoms in total. The largest absolute Gasteiger partial charge is 0.466 e. The smallest absolute Gasteiger partial charge is 0.370 e. The van der Waals surface area contributed by atoms with Crippen LogP contribution >= 0.6 is 0 Å². The van der Waals surface area contributed by atoms with Crippen LogP contribution in [0.2, 0.25) is 39.3 Å². The van der Waals surface area contributed by atoms with Gasteiger partial charge in [0.05, 0.1) is 28.4 Å². The summed E-state index contributed by atoms with van der Waals surface area (Å²) < 4.78 is 11.5. The molecule has 0 bridgehead atoms. The van der Waals surface area contributed by atoms with Crippen LogP contribution in [0.15, 0.2) is 48.5 Å². The van der Waals surface area contributed by atoms with E-state index in [-0.39, 0.29) is 12.2 Å². The van der Waals surface area contributed by atoms with Gasteiger partial charge in [-0.3, -0.25) is 9.59 Å². The van der Waals surface area contributed by atoms with Gasteiger partial charge in [-0.1, -0.05) is 98.2 Å². The van der Waals surface area contributed by atoms with Crippen LogP contribution in [0, 0.1) is 0 Å². The van der Waals surface area contributed by atoms with Crippen molar-refractivity contribution in [1.82, 2.24) is 0 Å². The molecule has 0 aliphatic heterocycles. The molecule has 180 valence electrons. The van der Waals surface area contributed by atoms with Crippen LogP contribution < -0.4 is 20.7 Å². The van der Waals surface area contributed by atoms with Crippen molar-refractivity contribution in [2.75, 3.05) is 0 Å². The van der Waals surface area contributed by atoms with Crippen molar-refractivity contribution in [3.63, 3.8) is 0 Å². The normalized spacial score (nSPS) is 12.7. The number of hydrogen-bond acceptors (Lipinski definition) is 4. The van der Waals surface area contributed by atoms with Gasteiger partial charge in [-0.2, -0.15) is 0 Å². The first kappa shape index (κ1) is 27.3. The Morgan fingerprint density at radius 2 is 0.788 bits per heavy atom. The van der Waals surface area contributed by atoms with E-state index in [1.54, 1.807) is 0 Å². The SMILES string of the molecule is CC(C)OC(=O)[Si](C(=O)OC(C)C)(c1ccc([Si](C)(C)C)cc1)c1ccc([Si](C)(C)C)cc1. The Kier molecular flexibility index (Phi) is 8.36. The Morgan fingerprint density at radius 3 is 1.00 bits per heavy atom. The van der Waals surface area contributed by atoms with E-state index in [9.17, 15) is 9.59 Å². The van der Waals surface area contributed by atoms with Crippen molar-refractivity contribution in [1.29, 1.82) is 0 Å². The number of benzene rings is 2. The zero-order valence-corrected chi connectivity index (χ0v) is 24.9. The summed E-state index contributed by atoms with van der Waals surface area (Å²) in [7, 11) is -6.82. The molecule has 0 unspecified atom stereocenters. The number of rotatable bonds is 8. The minimum absolute atomic E-state index is 0.335. The zero-order chi connectivity index (χ0) is 25.2. The third-order valence-corrected chi connectivity index (χ3v) is 13.7. The summed E-state index contributed by atoms with van der Waals surface area (Å²) in [4.78, 5) is 27.6. The fraction of sp³-hybridized carbons (Fsp3) is 0.462. The Bertz CT molecular complexity index is 885. The number of carbonyl (C=O) groups excluding carboxylic acids is 2. The maximum absolute atomic E-state index is 13.8.